The van der Waals surface area contributed by atoms with Crippen LogP contribution in [0.1, 0.15) is 52.7 Å². The molecule has 7 heteroatoms. The smallest absolute Gasteiger partial charge is 0.277 e. The molecule has 15 rings (SSSR count). The van der Waals surface area contributed by atoms with Crippen molar-refractivity contribution in [2.24, 2.45) is 0 Å². The molecule has 0 radical (unpaired) electrons. The van der Waals surface area contributed by atoms with E-state index in [9.17, 15) is 0 Å². The summed E-state index contributed by atoms with van der Waals surface area (Å²) >= 11 is 7.63. The van der Waals surface area contributed by atoms with Crippen molar-refractivity contribution in [1.82, 2.24) is 0 Å². The van der Waals surface area contributed by atoms with Crippen LogP contribution in [-0.4, -0.2) is 6.71 Å². The lowest BCUT2D eigenvalue weighted by Crippen LogP contribution is -2.59. The molecule has 0 bridgehead atoms. The Morgan fingerprint density at radius 3 is 1.21 bits per heavy atom. The monoisotopic (exact) mass is 1060 g/mol. The molecule has 4 aromatic heterocycles. The fraction of sp³-hybridized carbons (Fsp3) is 0.114. The van der Waals surface area contributed by atoms with Crippen LogP contribution in [-0.2, 0) is 10.8 Å². The van der Waals surface area contributed by atoms with Gasteiger partial charge in [-0.1, -0.05) is 169 Å². The van der Waals surface area contributed by atoms with Crippen molar-refractivity contribution in [3.8, 4) is 44.5 Å². The van der Waals surface area contributed by atoms with Crippen LogP contribution in [0.25, 0.3) is 84.9 Å². The molecule has 0 saturated carbocycles. The summed E-state index contributed by atoms with van der Waals surface area (Å²) in [5.41, 5.74) is 21.1. The van der Waals surface area contributed by atoms with Gasteiger partial charge in [0, 0.05) is 83.5 Å². The minimum Gasteiger partial charge on any atom is -0.309 e. The van der Waals surface area contributed by atoms with Gasteiger partial charge in [-0.15, -0.1) is 45.3 Å². The summed E-state index contributed by atoms with van der Waals surface area (Å²) in [5, 5.41) is 9.89. The molecule has 0 N–H and O–H groups in total. The number of fused-ring (bicyclic) bond motifs is 10. The first-order valence-corrected chi connectivity index (χ1v) is 30.0. The molecular formula is C70H53BN2S4. The van der Waals surface area contributed by atoms with Crippen molar-refractivity contribution in [3.05, 3.63) is 222 Å². The van der Waals surface area contributed by atoms with E-state index >= 15 is 0 Å². The third-order valence-electron chi connectivity index (χ3n) is 16.1. The minimum absolute atomic E-state index is 0.00193. The number of nitrogens with zero attached hydrogens (tertiary/aromatic N) is 2. The fourth-order valence-corrected chi connectivity index (χ4v) is 16.8. The van der Waals surface area contributed by atoms with Gasteiger partial charge < -0.3 is 9.80 Å². The fourth-order valence-electron chi connectivity index (χ4n) is 12.2. The molecule has 2 aliphatic rings. The van der Waals surface area contributed by atoms with Crippen molar-refractivity contribution in [2.45, 2.75) is 52.4 Å². The Morgan fingerprint density at radius 1 is 0.338 bits per heavy atom. The molecular weight excluding hydrogens is 1010 g/mol. The third-order valence-corrected chi connectivity index (χ3v) is 20.5. The molecule has 13 aromatic rings. The lowest BCUT2D eigenvalue weighted by Gasteiger charge is -2.43. The number of anilines is 6. The molecule has 0 amide bonds. The summed E-state index contributed by atoms with van der Waals surface area (Å²) in [6.07, 6.45) is 0. The molecule has 0 atom stereocenters. The predicted molar refractivity (Wildman–Crippen MR) is 341 cm³/mol. The SMILES string of the molecule is CC(C)(C)c1ccc2sc3c(c2c1)N(c1ccc(-c2csc4ccccc24)cc1-c1ccccc1)c1cccc2c1B3c1sc3ccc(C(C)(C)C)cc3c1N2c1ccc(-c2csc3ccccc23)cc1-c1ccccc1. The lowest BCUT2D eigenvalue weighted by atomic mass is 9.39. The Hall–Kier alpha value is -7.52. The van der Waals surface area contributed by atoms with Crippen LogP contribution < -0.4 is 24.8 Å². The van der Waals surface area contributed by atoms with Gasteiger partial charge in [0.05, 0.1) is 22.7 Å². The van der Waals surface area contributed by atoms with Crippen molar-refractivity contribution >= 4 is 142 Å². The average Bonchev–Trinajstić information content (AvgIpc) is 4.48. The first kappa shape index (κ1) is 46.8. The molecule has 2 aliphatic heterocycles. The summed E-state index contributed by atoms with van der Waals surface area (Å²) in [6.45, 7) is 14.1. The molecule has 6 heterocycles. The quantitative estimate of drug-likeness (QED) is 0.153. The largest absolute Gasteiger partial charge is 0.309 e. The van der Waals surface area contributed by atoms with E-state index in [-0.39, 0.29) is 17.5 Å². The second kappa shape index (κ2) is 17.5. The predicted octanol–water partition coefficient (Wildman–Crippen LogP) is 19.9. The number of thiophene rings is 4. The normalized spacial score (nSPS) is 13.2. The second-order valence-electron chi connectivity index (χ2n) is 22.9. The average molecular weight is 1060 g/mol. The van der Waals surface area contributed by atoms with Crippen LogP contribution in [0.5, 0.6) is 0 Å². The van der Waals surface area contributed by atoms with Gasteiger partial charge in [0.15, 0.2) is 0 Å². The zero-order chi connectivity index (χ0) is 51.9. The number of rotatable bonds is 6. The van der Waals surface area contributed by atoms with Gasteiger partial charge in [-0.25, -0.2) is 0 Å². The maximum Gasteiger partial charge on any atom is 0.277 e. The van der Waals surface area contributed by atoms with Crippen molar-refractivity contribution < 1.29 is 0 Å². The Kier molecular flexibility index (Phi) is 10.6. The van der Waals surface area contributed by atoms with Gasteiger partial charge in [0.1, 0.15) is 0 Å². The summed E-state index contributed by atoms with van der Waals surface area (Å²) < 4.78 is 8.02. The highest BCUT2D eigenvalue weighted by Crippen LogP contribution is 2.54. The first-order chi connectivity index (χ1) is 37.5. The van der Waals surface area contributed by atoms with E-state index < -0.39 is 0 Å². The summed E-state index contributed by atoms with van der Waals surface area (Å²) in [7, 11) is 0. The molecule has 0 saturated heterocycles. The first-order valence-electron chi connectivity index (χ1n) is 26.7. The van der Waals surface area contributed by atoms with Crippen LogP contribution in [0.3, 0.4) is 0 Å². The maximum absolute atomic E-state index is 2.67. The highest BCUT2D eigenvalue weighted by molar-refractivity contribution is 7.40. The van der Waals surface area contributed by atoms with E-state index in [2.05, 4.69) is 262 Å². The van der Waals surface area contributed by atoms with E-state index in [0.717, 1.165) is 0 Å². The second-order valence-corrected chi connectivity index (χ2v) is 26.8. The number of hydrogen-bond donors (Lipinski definition) is 0. The van der Waals surface area contributed by atoms with E-state index in [1.807, 2.05) is 45.3 Å². The van der Waals surface area contributed by atoms with E-state index in [1.54, 1.807) is 0 Å². The van der Waals surface area contributed by atoms with Gasteiger partial charge in [-0.2, -0.15) is 0 Å². The number of hydrogen-bond acceptors (Lipinski definition) is 6. The Morgan fingerprint density at radius 2 is 0.766 bits per heavy atom. The van der Waals surface area contributed by atoms with Gasteiger partial charge in [-0.3, -0.25) is 0 Å². The Balaban J connectivity index is 1.04. The zero-order valence-electron chi connectivity index (χ0n) is 43.8. The van der Waals surface area contributed by atoms with Gasteiger partial charge in [0.2, 0.25) is 0 Å². The van der Waals surface area contributed by atoms with Gasteiger partial charge >= 0.3 is 0 Å². The molecule has 370 valence electrons. The molecule has 2 nitrogen and oxygen atoms in total. The standard InChI is InChI=1S/C70H53BN2S4/c1-69(2,3)46-30-34-62-52(38-46)65-67(76-62)71-64-58(72(65)56-32-28-44(36-50(56)42-18-9-7-10-19-42)54-40-74-60-26-15-13-22-48(54)60)24-17-25-59(64)73(66-53-39-47(70(4,5)6)31-35-63(53)77-68(66)71)57-33-29-45(37-51(57)43-20-11-8-12-21-43)55-41-75-61-27-16-14-23-49(55)61/h7-41H,1-6H3. The third kappa shape index (κ3) is 7.38. The molecule has 9 aromatic carbocycles. The maximum atomic E-state index is 2.67. The molecule has 0 aliphatic carbocycles. The van der Waals surface area contributed by atoms with E-state index in [1.165, 1.54) is 145 Å². The minimum atomic E-state index is -0.0367. The zero-order valence-corrected chi connectivity index (χ0v) is 47.1. The lowest BCUT2D eigenvalue weighted by molar-refractivity contribution is 0.591. The highest BCUT2D eigenvalue weighted by Gasteiger charge is 2.47. The van der Waals surface area contributed by atoms with Crippen molar-refractivity contribution in [3.63, 3.8) is 0 Å². The molecule has 0 unspecified atom stereocenters. The van der Waals surface area contributed by atoms with E-state index in [4.69, 9.17) is 0 Å². The van der Waals surface area contributed by atoms with Crippen LogP contribution >= 0.6 is 45.3 Å². The van der Waals surface area contributed by atoms with Crippen LogP contribution in [0.2, 0.25) is 0 Å². The summed E-state index contributed by atoms with van der Waals surface area (Å²) in [5.74, 6) is 0. The summed E-state index contributed by atoms with van der Waals surface area (Å²) in [4.78, 5) is 5.34. The molecule has 0 spiro atoms. The van der Waals surface area contributed by atoms with Gasteiger partial charge in [-0.05, 0) is 133 Å². The summed E-state index contributed by atoms with van der Waals surface area (Å²) in [6, 6.07) is 76.1. The Labute approximate surface area is 466 Å². The van der Waals surface area contributed by atoms with Crippen LogP contribution in [0.4, 0.5) is 34.1 Å². The molecule has 77 heavy (non-hydrogen) atoms. The van der Waals surface area contributed by atoms with Crippen molar-refractivity contribution in [1.29, 1.82) is 0 Å². The highest BCUT2D eigenvalue weighted by atomic mass is 32.1. The van der Waals surface area contributed by atoms with Crippen LogP contribution in [0.15, 0.2) is 211 Å². The van der Waals surface area contributed by atoms with E-state index in [0.29, 0.717) is 0 Å². The van der Waals surface area contributed by atoms with Crippen LogP contribution in [0, 0.1) is 0 Å². The Bertz CT molecular complexity index is 4220. The van der Waals surface area contributed by atoms with Crippen molar-refractivity contribution in [2.75, 3.05) is 9.80 Å². The topological polar surface area (TPSA) is 6.48 Å². The number of benzene rings is 9. The van der Waals surface area contributed by atoms with Gasteiger partial charge in [0.25, 0.3) is 6.71 Å². The molecule has 0 fully saturated rings.